The Morgan fingerprint density at radius 3 is 2.30 bits per heavy atom. The van der Waals surface area contributed by atoms with Crippen LogP contribution in [0.4, 0.5) is 5.69 Å². The molecule has 4 aromatic rings. The van der Waals surface area contributed by atoms with Crippen LogP contribution in [0.5, 0.6) is 5.75 Å². The van der Waals surface area contributed by atoms with Gasteiger partial charge in [-0.3, -0.25) is 4.79 Å². The van der Waals surface area contributed by atoms with E-state index < -0.39 is 5.25 Å². The van der Waals surface area contributed by atoms with Gasteiger partial charge in [-0.05, 0) is 54.8 Å². The van der Waals surface area contributed by atoms with E-state index in [1.165, 1.54) is 16.4 Å². The molecule has 0 aliphatic carbocycles. The molecule has 1 atom stereocenters. The van der Waals surface area contributed by atoms with E-state index in [0.717, 1.165) is 28.1 Å². The summed E-state index contributed by atoms with van der Waals surface area (Å²) in [4.78, 5) is 13.2. The molecule has 0 radical (unpaired) electrons. The topological polar surface area (TPSA) is 95.1 Å². The minimum Gasteiger partial charge on any atom is -0.486 e. The van der Waals surface area contributed by atoms with Gasteiger partial charge in [-0.2, -0.15) is 0 Å². The first-order chi connectivity index (χ1) is 16.0. The third kappa shape index (κ3) is 5.72. The van der Waals surface area contributed by atoms with Crippen LogP contribution in [0.2, 0.25) is 0 Å². The highest BCUT2D eigenvalue weighted by molar-refractivity contribution is 8.00. The molecule has 3 aromatic carbocycles. The number of nitrogen functional groups attached to an aromatic ring is 1. The van der Waals surface area contributed by atoms with Crippen molar-refractivity contribution in [2.75, 3.05) is 11.2 Å². The summed E-state index contributed by atoms with van der Waals surface area (Å²) in [7, 11) is 0. The van der Waals surface area contributed by atoms with Gasteiger partial charge in [-0.15, -0.1) is 10.2 Å². The fourth-order valence-electron chi connectivity index (χ4n) is 3.39. The highest BCUT2D eigenvalue weighted by Crippen LogP contribution is 2.35. The monoisotopic (exact) mass is 459 g/mol. The van der Waals surface area contributed by atoms with Crippen LogP contribution in [0.25, 0.3) is 0 Å². The van der Waals surface area contributed by atoms with E-state index in [1.807, 2.05) is 86.6 Å². The van der Waals surface area contributed by atoms with Crippen LogP contribution < -0.4 is 15.9 Å². The molecule has 0 aliphatic heterocycles. The van der Waals surface area contributed by atoms with Crippen molar-refractivity contribution in [3.8, 4) is 5.75 Å². The number of nitrogens with zero attached hydrogens (tertiary/aromatic N) is 3. The number of nitrogens with one attached hydrogen (secondary N) is 1. The Bertz CT molecular complexity index is 1210. The maximum Gasteiger partial charge on any atom is 0.242 e. The number of anilines is 1. The van der Waals surface area contributed by atoms with Crippen molar-refractivity contribution in [1.82, 2.24) is 14.9 Å². The lowest BCUT2D eigenvalue weighted by molar-refractivity contribution is -0.115. The zero-order valence-corrected chi connectivity index (χ0v) is 19.3. The van der Waals surface area contributed by atoms with Gasteiger partial charge in [0.25, 0.3) is 0 Å². The minimum atomic E-state index is -0.564. The normalized spacial score (nSPS) is 11.7. The molecule has 168 valence electrons. The van der Waals surface area contributed by atoms with Crippen LogP contribution >= 0.6 is 11.8 Å². The molecule has 1 unspecified atom stereocenters. The Balaban J connectivity index is 1.51. The smallest absolute Gasteiger partial charge is 0.242 e. The van der Waals surface area contributed by atoms with Crippen LogP contribution in [0, 0.1) is 13.8 Å². The number of carbonyl (C=O) groups excluding carboxylic acids is 1. The summed E-state index contributed by atoms with van der Waals surface area (Å²) < 4.78 is 7.25. The maximum absolute atomic E-state index is 13.2. The summed E-state index contributed by atoms with van der Waals surface area (Å²) in [5, 5.41) is 11.2. The van der Waals surface area contributed by atoms with Crippen molar-refractivity contribution in [3.63, 3.8) is 0 Å². The molecule has 8 heteroatoms. The van der Waals surface area contributed by atoms with Gasteiger partial charge < -0.3 is 15.9 Å². The Morgan fingerprint density at radius 2 is 1.64 bits per heavy atom. The number of carbonyl (C=O) groups is 1. The molecule has 1 amide bonds. The van der Waals surface area contributed by atoms with E-state index in [1.54, 1.807) is 0 Å². The van der Waals surface area contributed by atoms with Gasteiger partial charge in [0.05, 0.1) is 0 Å². The summed E-state index contributed by atoms with van der Waals surface area (Å²) >= 11 is 1.24. The number of aryl methyl sites for hydroxylation is 2. The van der Waals surface area contributed by atoms with Crippen LogP contribution in [0.15, 0.2) is 84.0 Å². The van der Waals surface area contributed by atoms with Gasteiger partial charge in [-0.1, -0.05) is 66.4 Å². The van der Waals surface area contributed by atoms with E-state index in [9.17, 15) is 4.79 Å². The van der Waals surface area contributed by atoms with Crippen LogP contribution in [-0.4, -0.2) is 20.8 Å². The van der Waals surface area contributed by atoms with Gasteiger partial charge in [0.15, 0.2) is 5.82 Å². The predicted octanol–water partition coefficient (Wildman–Crippen LogP) is 4.66. The average Bonchev–Trinajstić information content (AvgIpc) is 3.15. The molecule has 1 heterocycles. The summed E-state index contributed by atoms with van der Waals surface area (Å²) in [6, 6.07) is 24.9. The van der Waals surface area contributed by atoms with E-state index in [2.05, 4.69) is 21.6 Å². The van der Waals surface area contributed by atoms with Crippen molar-refractivity contribution in [3.05, 3.63) is 101 Å². The van der Waals surface area contributed by atoms with Crippen molar-refractivity contribution in [2.45, 2.75) is 30.9 Å². The fourth-order valence-corrected chi connectivity index (χ4v) is 4.36. The standard InChI is InChI=1S/C25H25N5O2S/c1-17-13-18(2)15-21(14-17)32-16-22-28-29-25(30(22)26)33-23(19-9-5-3-6-10-19)24(31)27-20-11-7-4-8-12-20/h3-15,23H,16,26H2,1-2H3,(H,27,31). The maximum atomic E-state index is 13.2. The lowest BCUT2D eigenvalue weighted by Gasteiger charge is -2.16. The fraction of sp³-hybridized carbons (Fsp3) is 0.160. The third-order valence-electron chi connectivity index (χ3n) is 4.90. The molecular weight excluding hydrogens is 434 g/mol. The largest absolute Gasteiger partial charge is 0.486 e. The van der Waals surface area contributed by atoms with Crippen LogP contribution in [-0.2, 0) is 11.4 Å². The Kier molecular flexibility index (Phi) is 6.95. The summed E-state index contributed by atoms with van der Waals surface area (Å²) in [6.07, 6.45) is 0. The first-order valence-corrected chi connectivity index (χ1v) is 11.4. The van der Waals surface area contributed by atoms with Gasteiger partial charge in [-0.25, -0.2) is 4.68 Å². The molecule has 0 saturated carbocycles. The molecule has 0 saturated heterocycles. The molecule has 3 N–H and O–H groups in total. The zero-order chi connectivity index (χ0) is 23.2. The third-order valence-corrected chi connectivity index (χ3v) is 6.11. The highest BCUT2D eigenvalue weighted by atomic mass is 32.2. The average molecular weight is 460 g/mol. The second-order valence-corrected chi connectivity index (χ2v) is 8.72. The van der Waals surface area contributed by atoms with Crippen molar-refractivity contribution >= 4 is 23.4 Å². The predicted molar refractivity (Wildman–Crippen MR) is 131 cm³/mol. The number of aromatic nitrogens is 3. The number of hydrogen-bond acceptors (Lipinski definition) is 6. The molecule has 0 spiro atoms. The second kappa shape index (κ2) is 10.2. The number of nitrogens with two attached hydrogens (primary N) is 1. The lowest BCUT2D eigenvalue weighted by atomic mass is 10.1. The number of rotatable bonds is 8. The molecular formula is C25H25N5O2S. The van der Waals surface area contributed by atoms with E-state index >= 15 is 0 Å². The summed E-state index contributed by atoms with van der Waals surface area (Å²) in [5.74, 6) is 7.30. The number of hydrogen-bond donors (Lipinski definition) is 2. The number of amides is 1. The van der Waals surface area contributed by atoms with Gasteiger partial charge >= 0.3 is 0 Å². The summed E-state index contributed by atoms with van der Waals surface area (Å²) in [5.41, 5.74) is 3.80. The number of thioether (sulfide) groups is 1. The second-order valence-electron chi connectivity index (χ2n) is 7.64. The lowest BCUT2D eigenvalue weighted by Crippen LogP contribution is -2.21. The van der Waals surface area contributed by atoms with Crippen molar-refractivity contribution < 1.29 is 9.53 Å². The first-order valence-electron chi connectivity index (χ1n) is 10.5. The zero-order valence-electron chi connectivity index (χ0n) is 18.4. The van der Waals surface area contributed by atoms with E-state index in [4.69, 9.17) is 10.6 Å². The summed E-state index contributed by atoms with van der Waals surface area (Å²) in [6.45, 7) is 4.20. The van der Waals surface area contributed by atoms with Gasteiger partial charge in [0, 0.05) is 5.69 Å². The molecule has 0 aliphatic rings. The highest BCUT2D eigenvalue weighted by Gasteiger charge is 2.25. The quantitative estimate of drug-likeness (QED) is 0.294. The molecule has 0 bridgehead atoms. The van der Waals surface area contributed by atoms with Crippen LogP contribution in [0.3, 0.4) is 0 Å². The number of para-hydroxylation sites is 1. The van der Waals surface area contributed by atoms with Crippen LogP contribution in [0.1, 0.15) is 27.8 Å². The van der Waals surface area contributed by atoms with Gasteiger partial charge in [0.1, 0.15) is 17.6 Å². The number of ether oxygens (including phenoxy) is 1. The Hall–Kier alpha value is -3.78. The molecule has 4 rings (SSSR count). The first kappa shape index (κ1) is 22.4. The van der Waals surface area contributed by atoms with E-state index in [0.29, 0.717) is 11.0 Å². The Labute approximate surface area is 197 Å². The van der Waals surface area contributed by atoms with Crippen molar-refractivity contribution in [2.24, 2.45) is 0 Å². The van der Waals surface area contributed by atoms with E-state index in [-0.39, 0.29) is 12.5 Å². The molecule has 7 nitrogen and oxygen atoms in total. The molecule has 0 fully saturated rings. The van der Waals surface area contributed by atoms with Gasteiger partial charge in [0.2, 0.25) is 11.1 Å². The number of benzene rings is 3. The molecule has 33 heavy (non-hydrogen) atoms. The molecule has 1 aromatic heterocycles. The minimum absolute atomic E-state index is 0.166. The van der Waals surface area contributed by atoms with Crippen molar-refractivity contribution in [1.29, 1.82) is 0 Å². The SMILES string of the molecule is Cc1cc(C)cc(OCc2nnc(SC(C(=O)Nc3ccccc3)c3ccccc3)n2N)c1. The Morgan fingerprint density at radius 1 is 1.00 bits per heavy atom.